The minimum Gasteiger partial charge on any atom is -0.462 e. The Morgan fingerprint density at radius 2 is 1.76 bits per heavy atom. The Balaban J connectivity index is 1.73. The zero-order chi connectivity index (χ0) is 28.0. The number of aliphatic hydroxyl groups is 2. The number of ketones is 1. The van der Waals surface area contributed by atoms with Gasteiger partial charge in [0.1, 0.15) is 18.3 Å². The summed E-state index contributed by atoms with van der Waals surface area (Å²) in [5.74, 6) is -2.31. The minimum absolute atomic E-state index is 0.132. The first-order valence-corrected chi connectivity index (χ1v) is 13.2. The van der Waals surface area contributed by atoms with Gasteiger partial charge in [0.05, 0.1) is 6.10 Å². The van der Waals surface area contributed by atoms with Crippen molar-refractivity contribution in [3.63, 3.8) is 0 Å². The van der Waals surface area contributed by atoms with E-state index < -0.39 is 59.0 Å². The topological polar surface area (TPSA) is 110 Å². The van der Waals surface area contributed by atoms with E-state index in [4.69, 9.17) is 9.47 Å². The molecule has 3 aliphatic carbocycles. The van der Waals surface area contributed by atoms with Crippen LogP contribution in [-0.2, 0) is 23.9 Å². The average molecular weight is 523 g/mol. The molecule has 1 aromatic carbocycles. The molecule has 204 valence electrons. The highest BCUT2D eigenvalue weighted by Gasteiger charge is 2.62. The Bertz CT molecular complexity index is 1190. The van der Waals surface area contributed by atoms with Gasteiger partial charge in [-0.3, -0.25) is 9.59 Å². The van der Waals surface area contributed by atoms with Crippen molar-refractivity contribution in [2.24, 2.45) is 22.7 Å². The van der Waals surface area contributed by atoms with E-state index in [1.807, 2.05) is 51.1 Å². The third-order valence-corrected chi connectivity index (χ3v) is 9.08. The lowest BCUT2D eigenvalue weighted by Gasteiger charge is -2.58. The molecule has 2 bridgehead atoms. The van der Waals surface area contributed by atoms with Crippen LogP contribution in [0, 0.1) is 22.7 Å². The van der Waals surface area contributed by atoms with Gasteiger partial charge in [0, 0.05) is 36.7 Å². The molecular formula is C31H38O7. The molecular weight excluding hydrogens is 484 g/mol. The van der Waals surface area contributed by atoms with Gasteiger partial charge in [0.25, 0.3) is 0 Å². The third kappa shape index (κ3) is 4.78. The summed E-state index contributed by atoms with van der Waals surface area (Å²) < 4.78 is 11.8. The molecule has 2 saturated carbocycles. The summed E-state index contributed by atoms with van der Waals surface area (Å²) in [7, 11) is 0. The van der Waals surface area contributed by atoms with Gasteiger partial charge >= 0.3 is 11.9 Å². The normalized spacial score (nSPS) is 34.8. The molecule has 0 unspecified atom stereocenters. The summed E-state index contributed by atoms with van der Waals surface area (Å²) >= 11 is 0. The van der Waals surface area contributed by atoms with Crippen LogP contribution in [0.15, 0.2) is 59.7 Å². The van der Waals surface area contributed by atoms with E-state index in [1.165, 1.54) is 13.0 Å². The van der Waals surface area contributed by atoms with Gasteiger partial charge in [-0.25, -0.2) is 4.79 Å². The molecule has 7 atom stereocenters. The fraction of sp³-hybridized carbons (Fsp3) is 0.516. The van der Waals surface area contributed by atoms with Crippen molar-refractivity contribution < 1.29 is 34.1 Å². The average Bonchev–Trinajstić information content (AvgIpc) is 2.85. The number of aliphatic hydroxyl groups excluding tert-OH is 2. The highest BCUT2D eigenvalue weighted by atomic mass is 16.6. The number of rotatable bonds is 4. The Morgan fingerprint density at radius 1 is 1.11 bits per heavy atom. The van der Waals surface area contributed by atoms with Crippen molar-refractivity contribution >= 4 is 23.8 Å². The van der Waals surface area contributed by atoms with Crippen molar-refractivity contribution in [1.29, 1.82) is 0 Å². The third-order valence-electron chi connectivity index (χ3n) is 9.08. The van der Waals surface area contributed by atoms with Crippen molar-refractivity contribution in [2.45, 2.75) is 78.3 Å². The van der Waals surface area contributed by atoms with Crippen molar-refractivity contribution in [2.75, 3.05) is 0 Å². The van der Waals surface area contributed by atoms with E-state index >= 15 is 0 Å². The Morgan fingerprint density at radius 3 is 2.39 bits per heavy atom. The van der Waals surface area contributed by atoms with Crippen LogP contribution in [0.4, 0.5) is 0 Å². The largest absolute Gasteiger partial charge is 0.462 e. The quantitative estimate of drug-likeness (QED) is 0.347. The molecule has 0 aromatic heterocycles. The predicted molar refractivity (Wildman–Crippen MR) is 142 cm³/mol. The minimum atomic E-state index is -1.27. The molecule has 3 aliphatic rings. The number of ether oxygens (including phenoxy) is 2. The standard InChI is InChI=1S/C31H38O7/c1-17-22(33)16-21-28(37-19(3)32)26-18(2)23(38-24(34)13-12-20-10-8-7-9-11-20)14-15-31(26,6)29(36)27(35)25(17)30(21,4)5/h7-13,21,23,26-29,35-36H,2,14-16H2,1,3-6H3/b13-12+/t21-,23-,26-,27+,28+,29-,31+/m0/s1. The van der Waals surface area contributed by atoms with E-state index in [9.17, 15) is 24.6 Å². The highest BCUT2D eigenvalue weighted by Crippen LogP contribution is 2.59. The molecule has 7 nitrogen and oxygen atoms in total. The lowest BCUT2D eigenvalue weighted by molar-refractivity contribution is -0.183. The van der Waals surface area contributed by atoms with Crippen molar-refractivity contribution in [3.05, 3.63) is 65.3 Å². The number of hydrogen-bond acceptors (Lipinski definition) is 7. The number of fused-ring (bicyclic) bond motifs is 3. The van der Waals surface area contributed by atoms with Crippen LogP contribution in [0.2, 0.25) is 0 Å². The molecule has 38 heavy (non-hydrogen) atoms. The van der Waals surface area contributed by atoms with Crippen molar-refractivity contribution in [3.8, 4) is 0 Å². The van der Waals surface area contributed by atoms with Crippen LogP contribution < -0.4 is 0 Å². The van der Waals surface area contributed by atoms with Gasteiger partial charge in [-0.15, -0.1) is 0 Å². The maximum Gasteiger partial charge on any atom is 0.331 e. The SMILES string of the molecule is C=C1[C@@H](OC(=O)/C=C/c2ccccc2)CC[C@@]2(C)[C@@H](O)[C@H](O)C3=C(C)C(=O)C[C@@H]([C@@H](OC(C)=O)[C@H]12)C3(C)C. The first-order valence-electron chi connectivity index (χ1n) is 13.2. The highest BCUT2D eigenvalue weighted by molar-refractivity contribution is 5.97. The Hall–Kier alpha value is -3.03. The molecule has 2 N–H and O–H groups in total. The second-order valence-corrected chi connectivity index (χ2v) is 11.7. The second-order valence-electron chi connectivity index (χ2n) is 11.7. The van der Waals surface area contributed by atoms with Gasteiger partial charge < -0.3 is 19.7 Å². The summed E-state index contributed by atoms with van der Waals surface area (Å²) in [4.78, 5) is 38.2. The lowest BCUT2D eigenvalue weighted by Crippen LogP contribution is -2.62. The fourth-order valence-corrected chi connectivity index (χ4v) is 7.03. The van der Waals surface area contributed by atoms with Gasteiger partial charge in [-0.05, 0) is 53.5 Å². The first kappa shape index (κ1) is 28.0. The van der Waals surface area contributed by atoms with Gasteiger partial charge in [0.15, 0.2) is 5.78 Å². The molecule has 1 aromatic rings. The van der Waals surface area contributed by atoms with Crippen LogP contribution in [0.25, 0.3) is 6.08 Å². The monoisotopic (exact) mass is 522 g/mol. The molecule has 0 saturated heterocycles. The predicted octanol–water partition coefficient (Wildman–Crippen LogP) is 4.18. The Labute approximate surface area is 224 Å². The molecule has 2 fully saturated rings. The van der Waals surface area contributed by atoms with Crippen LogP contribution in [0.5, 0.6) is 0 Å². The van der Waals surface area contributed by atoms with Crippen LogP contribution >= 0.6 is 0 Å². The van der Waals surface area contributed by atoms with E-state index in [1.54, 1.807) is 13.0 Å². The number of allylic oxidation sites excluding steroid dienone is 1. The van der Waals surface area contributed by atoms with Crippen LogP contribution in [0.1, 0.15) is 59.4 Å². The van der Waals surface area contributed by atoms with E-state index in [2.05, 4.69) is 6.58 Å². The van der Waals surface area contributed by atoms with Gasteiger partial charge in [-0.1, -0.05) is 57.7 Å². The smallest absolute Gasteiger partial charge is 0.331 e. The molecule has 0 spiro atoms. The summed E-state index contributed by atoms with van der Waals surface area (Å²) in [6.45, 7) is 13.0. The zero-order valence-electron chi connectivity index (χ0n) is 22.8. The summed E-state index contributed by atoms with van der Waals surface area (Å²) in [5, 5.41) is 23.1. The van der Waals surface area contributed by atoms with E-state index in [-0.39, 0.29) is 12.2 Å². The number of hydrogen-bond donors (Lipinski definition) is 2. The fourth-order valence-electron chi connectivity index (χ4n) is 7.03. The molecule has 4 rings (SSSR count). The molecule has 0 heterocycles. The molecule has 0 amide bonds. The maximum absolute atomic E-state index is 13.1. The number of carbonyl (C=O) groups is 3. The summed E-state index contributed by atoms with van der Waals surface area (Å²) in [6.07, 6.45) is -0.0817. The zero-order valence-corrected chi connectivity index (χ0v) is 22.8. The van der Waals surface area contributed by atoms with Crippen LogP contribution in [0.3, 0.4) is 0 Å². The Kier molecular flexibility index (Phi) is 7.56. The number of esters is 2. The number of carbonyl (C=O) groups excluding carboxylic acids is 3. The van der Waals surface area contributed by atoms with Gasteiger partial charge in [0.2, 0.25) is 0 Å². The van der Waals surface area contributed by atoms with Crippen LogP contribution in [-0.4, -0.2) is 52.4 Å². The second kappa shape index (κ2) is 10.3. The lowest BCUT2D eigenvalue weighted by atomic mass is 9.49. The number of Topliss-reactive ketones (excluding diaryl/α,β-unsaturated/α-hetero) is 1. The first-order chi connectivity index (χ1) is 17.8. The van der Waals surface area contributed by atoms with Gasteiger partial charge in [-0.2, -0.15) is 0 Å². The molecule has 7 heteroatoms. The summed E-state index contributed by atoms with van der Waals surface area (Å²) in [6, 6.07) is 9.38. The maximum atomic E-state index is 13.1. The summed E-state index contributed by atoms with van der Waals surface area (Å²) in [5.41, 5.74) is 0.620. The molecule has 0 radical (unpaired) electrons. The van der Waals surface area contributed by atoms with Crippen molar-refractivity contribution in [1.82, 2.24) is 0 Å². The number of benzene rings is 1. The van der Waals surface area contributed by atoms with E-state index in [0.29, 0.717) is 29.6 Å². The van der Waals surface area contributed by atoms with E-state index in [0.717, 1.165) is 5.56 Å². The molecule has 0 aliphatic heterocycles.